The lowest BCUT2D eigenvalue weighted by Crippen LogP contribution is -2.57. The van der Waals surface area contributed by atoms with E-state index in [9.17, 15) is 58.5 Å². The molecule has 316 valence electrons. The number of carboxylic acids is 1. The van der Waals surface area contributed by atoms with E-state index in [0.29, 0.717) is 19.4 Å². The summed E-state index contributed by atoms with van der Waals surface area (Å²) in [6.45, 7) is -1.49. The van der Waals surface area contributed by atoms with Crippen LogP contribution in [-0.2, 0) is 43.2 Å². The van der Waals surface area contributed by atoms with E-state index in [2.05, 4.69) is 39.2 Å². The Morgan fingerprint density at radius 1 is 0.649 bits per heavy atom. The fraction of sp³-hybridized carbons (Fsp3) is 0.735. The molecule has 0 bridgehead atoms. The Balaban J connectivity index is 1.12. The fourth-order valence-corrected chi connectivity index (χ4v) is 8.35. The largest absolute Gasteiger partial charge is 0.480 e. The first kappa shape index (κ1) is 43.5. The average Bonchev–Trinajstić information content (AvgIpc) is 4.03. The van der Waals surface area contributed by atoms with Crippen LogP contribution in [0.3, 0.4) is 0 Å². The monoisotopic (exact) mass is 825 g/mol. The molecular weight excluding hydrogens is 774 g/mol. The van der Waals surface area contributed by atoms with Crippen molar-refractivity contribution in [1.82, 2.24) is 46.2 Å². The second-order valence-electron chi connectivity index (χ2n) is 14.9. The van der Waals surface area contributed by atoms with Crippen molar-refractivity contribution in [2.24, 2.45) is 0 Å². The third-order valence-corrected chi connectivity index (χ3v) is 11.2. The Kier molecular flexibility index (Phi) is 14.7. The molecule has 0 aromatic rings. The molecule has 0 aromatic heterocycles. The minimum absolute atomic E-state index is 0.00552. The number of carboxylic acid groups (broad SMARTS) is 1. The van der Waals surface area contributed by atoms with Crippen molar-refractivity contribution in [3.05, 3.63) is 0 Å². The van der Waals surface area contributed by atoms with Gasteiger partial charge in [0.15, 0.2) is 0 Å². The number of amides is 8. The normalized spacial score (nSPS) is 28.9. The minimum atomic E-state index is -1.29. The van der Waals surface area contributed by atoms with Gasteiger partial charge in [-0.05, 0) is 32.2 Å². The molecule has 22 nitrogen and oxygen atoms in total. The first-order chi connectivity index (χ1) is 27.1. The van der Waals surface area contributed by atoms with E-state index in [0.717, 1.165) is 16.2 Å². The zero-order valence-electron chi connectivity index (χ0n) is 31.2. The SMILES string of the molecule is O=C(O)CNC(=O)[C@@H]1C[C@@H](O)CN1C(=O)[C@@H]1CCCN1C(=O)CNC(=O)[C@@H]1C[C@@H](O)CN1C(=O)[C@H](CS)NC(=O)CNC(=O)[C@@H]1C[C@@H](O)CN1C(=O)[C@@H]1CCCN1. The molecule has 0 spiro atoms. The number of carbonyl (C=O) groups is 9. The van der Waals surface area contributed by atoms with Crippen LogP contribution in [0.4, 0.5) is 0 Å². The number of aliphatic hydroxyl groups excluding tert-OH is 3. The summed E-state index contributed by atoms with van der Waals surface area (Å²) in [4.78, 5) is 121. The molecule has 8 amide bonds. The number of nitrogens with one attached hydrogen (secondary N) is 5. The molecule has 23 heteroatoms. The lowest BCUT2D eigenvalue weighted by atomic mass is 10.1. The van der Waals surface area contributed by atoms with Crippen molar-refractivity contribution in [2.75, 3.05) is 58.1 Å². The van der Waals surface area contributed by atoms with Crippen LogP contribution in [0.25, 0.3) is 0 Å². The van der Waals surface area contributed by atoms with Gasteiger partial charge in [-0.3, -0.25) is 43.2 Å². The number of nitrogens with zero attached hydrogens (tertiary/aromatic N) is 4. The average molecular weight is 826 g/mol. The van der Waals surface area contributed by atoms with Gasteiger partial charge in [-0.15, -0.1) is 0 Å². The van der Waals surface area contributed by atoms with Crippen LogP contribution in [0.5, 0.6) is 0 Å². The van der Waals surface area contributed by atoms with Crippen molar-refractivity contribution < 1.29 is 63.6 Å². The number of thiol groups is 1. The zero-order chi connectivity index (χ0) is 41.6. The second kappa shape index (κ2) is 19.2. The first-order valence-corrected chi connectivity index (χ1v) is 19.7. The lowest BCUT2D eigenvalue weighted by Gasteiger charge is -2.31. The summed E-state index contributed by atoms with van der Waals surface area (Å²) in [5.41, 5.74) is 0. The summed E-state index contributed by atoms with van der Waals surface area (Å²) in [5, 5.41) is 52.3. The maximum absolute atomic E-state index is 13.6. The Bertz CT molecular complexity index is 1600. The fourth-order valence-electron chi connectivity index (χ4n) is 8.11. The van der Waals surface area contributed by atoms with Crippen molar-refractivity contribution in [2.45, 2.75) is 99.5 Å². The summed E-state index contributed by atoms with van der Waals surface area (Å²) < 4.78 is 0. The molecule has 5 aliphatic heterocycles. The number of aliphatic carboxylic acids is 1. The number of carbonyl (C=O) groups excluding carboxylic acids is 8. The van der Waals surface area contributed by atoms with Crippen LogP contribution in [0.1, 0.15) is 44.9 Å². The Morgan fingerprint density at radius 3 is 1.72 bits per heavy atom. The topological polar surface area (TPSA) is 308 Å². The van der Waals surface area contributed by atoms with Crippen LogP contribution in [-0.4, -0.2) is 206 Å². The number of hydrogen-bond acceptors (Lipinski definition) is 14. The summed E-state index contributed by atoms with van der Waals surface area (Å²) in [7, 11) is 0. The molecular formula is C34H51N9O13S. The van der Waals surface area contributed by atoms with E-state index in [1.54, 1.807) is 0 Å². The summed E-state index contributed by atoms with van der Waals surface area (Å²) in [5.74, 6) is -6.79. The molecule has 5 aliphatic rings. The number of likely N-dealkylation sites (tertiary alicyclic amines) is 4. The third kappa shape index (κ3) is 10.5. The number of aliphatic hydroxyl groups is 3. The zero-order valence-corrected chi connectivity index (χ0v) is 32.1. The summed E-state index contributed by atoms with van der Waals surface area (Å²) >= 11 is 4.18. The van der Waals surface area contributed by atoms with E-state index in [1.807, 2.05) is 0 Å². The van der Waals surface area contributed by atoms with Crippen molar-refractivity contribution in [3.8, 4) is 0 Å². The standard InChI is InChI=1S/C34H51N9O13S/c44-17-7-23(41(13-17)32(54)20-3-1-5-35-20)29(51)36-10-26(47)39-21(16-57)33(55)42-14-18(45)8-24(42)30(52)37-11-27(48)40-6-2-4-22(40)34(56)43-15-19(46)9-25(43)31(53)38-12-28(49)50/h17-25,35,44-46,57H,1-16H2,(H,36,51)(H,37,52)(H,38,53)(H,39,47)(H,49,50)/t17-,18-,19-,20+,21+,22+,23+,24+,25+/m1/s1. The smallest absolute Gasteiger partial charge is 0.322 e. The molecule has 0 saturated carbocycles. The molecule has 0 aliphatic carbocycles. The molecule has 0 radical (unpaired) electrons. The summed E-state index contributed by atoms with van der Waals surface area (Å²) in [6.07, 6.45) is -1.28. The number of hydrogen-bond donors (Lipinski definition) is 10. The number of rotatable bonds is 14. The highest BCUT2D eigenvalue weighted by Gasteiger charge is 2.46. The molecule has 0 unspecified atom stereocenters. The second-order valence-corrected chi connectivity index (χ2v) is 15.3. The van der Waals surface area contributed by atoms with Gasteiger partial charge in [0.05, 0.1) is 37.4 Å². The van der Waals surface area contributed by atoms with Gasteiger partial charge < -0.3 is 66.6 Å². The van der Waals surface area contributed by atoms with Gasteiger partial charge in [-0.2, -0.15) is 12.6 Å². The van der Waals surface area contributed by atoms with Gasteiger partial charge in [0, 0.05) is 51.2 Å². The Morgan fingerprint density at radius 2 is 1.18 bits per heavy atom. The van der Waals surface area contributed by atoms with Gasteiger partial charge in [0.1, 0.15) is 36.8 Å². The Labute approximate surface area is 332 Å². The number of β-amino-alcohol motifs (C(OH)–C–C–N with tert-alkyl or cyclic N) is 3. The van der Waals surface area contributed by atoms with Gasteiger partial charge in [0.25, 0.3) is 0 Å². The molecule has 5 fully saturated rings. The predicted octanol–water partition coefficient (Wildman–Crippen LogP) is -6.54. The van der Waals surface area contributed by atoms with Crippen LogP contribution < -0.4 is 26.6 Å². The highest BCUT2D eigenvalue weighted by molar-refractivity contribution is 7.80. The van der Waals surface area contributed by atoms with Crippen molar-refractivity contribution in [3.63, 3.8) is 0 Å². The van der Waals surface area contributed by atoms with Crippen LogP contribution in [0.15, 0.2) is 0 Å². The maximum atomic E-state index is 13.6. The molecule has 9 atom stereocenters. The molecule has 5 saturated heterocycles. The van der Waals surface area contributed by atoms with Gasteiger partial charge in [0.2, 0.25) is 47.3 Å². The van der Waals surface area contributed by atoms with E-state index in [-0.39, 0.29) is 63.5 Å². The van der Waals surface area contributed by atoms with Crippen LogP contribution in [0, 0.1) is 0 Å². The maximum Gasteiger partial charge on any atom is 0.322 e. The van der Waals surface area contributed by atoms with Crippen molar-refractivity contribution >= 4 is 65.9 Å². The van der Waals surface area contributed by atoms with E-state index in [4.69, 9.17) is 5.11 Å². The van der Waals surface area contributed by atoms with Gasteiger partial charge in [-0.25, -0.2) is 0 Å². The molecule has 57 heavy (non-hydrogen) atoms. The minimum Gasteiger partial charge on any atom is -0.480 e. The lowest BCUT2D eigenvalue weighted by molar-refractivity contribution is -0.147. The molecule has 0 aromatic carbocycles. The van der Waals surface area contributed by atoms with Gasteiger partial charge in [-0.1, -0.05) is 0 Å². The van der Waals surface area contributed by atoms with Gasteiger partial charge >= 0.3 is 5.97 Å². The molecule has 5 rings (SSSR count). The van der Waals surface area contributed by atoms with Crippen molar-refractivity contribution in [1.29, 1.82) is 0 Å². The quantitative estimate of drug-likeness (QED) is 0.0729. The molecule has 5 heterocycles. The van der Waals surface area contributed by atoms with Crippen LogP contribution in [0.2, 0.25) is 0 Å². The van der Waals surface area contributed by atoms with E-state index >= 15 is 0 Å². The highest BCUT2D eigenvalue weighted by Crippen LogP contribution is 2.26. The predicted molar refractivity (Wildman–Crippen MR) is 197 cm³/mol. The first-order valence-electron chi connectivity index (χ1n) is 19.0. The highest BCUT2D eigenvalue weighted by atomic mass is 32.1. The van der Waals surface area contributed by atoms with E-state index < -0.39 is 122 Å². The Hall–Kier alpha value is -4.58. The van der Waals surface area contributed by atoms with Crippen LogP contribution >= 0.6 is 12.6 Å². The summed E-state index contributed by atoms with van der Waals surface area (Å²) in [6, 6.07) is -6.11. The third-order valence-electron chi connectivity index (χ3n) is 10.9. The van der Waals surface area contributed by atoms with E-state index in [1.165, 1.54) is 9.80 Å². The molecule has 9 N–H and O–H groups in total.